The molecule has 2 aromatic rings. The number of hydrogen-bond acceptors (Lipinski definition) is 2. The summed E-state index contributed by atoms with van der Waals surface area (Å²) in [5.74, 6) is -0.267. The van der Waals surface area contributed by atoms with Crippen molar-refractivity contribution in [3.05, 3.63) is 64.4 Å². The van der Waals surface area contributed by atoms with Gasteiger partial charge in [0, 0.05) is 17.0 Å². The summed E-state index contributed by atoms with van der Waals surface area (Å²) in [5.41, 5.74) is 1.36. The van der Waals surface area contributed by atoms with Crippen molar-refractivity contribution >= 4 is 11.6 Å². The van der Waals surface area contributed by atoms with E-state index in [0.717, 1.165) is 17.7 Å². The predicted octanol–water partition coefficient (Wildman–Crippen LogP) is 5.12. The van der Waals surface area contributed by atoms with Gasteiger partial charge in [-0.2, -0.15) is 5.26 Å². The van der Waals surface area contributed by atoms with Crippen LogP contribution in [0.25, 0.3) is 0 Å². The summed E-state index contributed by atoms with van der Waals surface area (Å²) in [5, 5.41) is 9.57. The van der Waals surface area contributed by atoms with Gasteiger partial charge in [-0.15, -0.1) is 0 Å². The van der Waals surface area contributed by atoms with Crippen LogP contribution in [0.1, 0.15) is 30.4 Å². The molecule has 0 spiro atoms. The number of ether oxygens (including phenoxy) is 1. The maximum atomic E-state index is 13.9. The summed E-state index contributed by atoms with van der Waals surface area (Å²) < 4.78 is 19.6. The van der Waals surface area contributed by atoms with E-state index in [9.17, 15) is 9.65 Å². The van der Waals surface area contributed by atoms with Crippen LogP contribution >= 0.6 is 11.6 Å². The van der Waals surface area contributed by atoms with Crippen LogP contribution in [0.15, 0.2) is 42.5 Å². The van der Waals surface area contributed by atoms with Crippen LogP contribution in [0.2, 0.25) is 5.02 Å². The van der Waals surface area contributed by atoms with Gasteiger partial charge in [0.15, 0.2) is 0 Å². The lowest BCUT2D eigenvalue weighted by Crippen LogP contribution is -2.07. The van der Waals surface area contributed by atoms with Crippen molar-refractivity contribution in [3.63, 3.8) is 0 Å². The zero-order valence-electron chi connectivity index (χ0n) is 12.4. The lowest BCUT2D eigenvalue weighted by atomic mass is 9.97. The van der Waals surface area contributed by atoms with E-state index in [1.807, 2.05) is 24.3 Å². The molecule has 1 atom stereocenters. The summed E-state index contributed by atoms with van der Waals surface area (Å²) in [7, 11) is 0. The molecule has 1 unspecified atom stereocenters. The fourth-order valence-corrected chi connectivity index (χ4v) is 2.64. The highest BCUT2D eigenvalue weighted by molar-refractivity contribution is 6.31. The van der Waals surface area contributed by atoms with Crippen LogP contribution < -0.4 is 4.74 Å². The van der Waals surface area contributed by atoms with Crippen LogP contribution in [-0.2, 0) is 6.42 Å². The van der Waals surface area contributed by atoms with Crippen molar-refractivity contribution in [2.75, 3.05) is 6.61 Å². The molecule has 0 bridgehead atoms. The summed E-state index contributed by atoms with van der Waals surface area (Å²) >= 11 is 6.01. The molecular formula is C18H17ClFNO. The Morgan fingerprint density at radius 2 is 2.00 bits per heavy atom. The van der Waals surface area contributed by atoms with E-state index in [2.05, 4.69) is 13.0 Å². The summed E-state index contributed by atoms with van der Waals surface area (Å²) in [6, 6.07) is 14.3. The van der Waals surface area contributed by atoms with Crippen molar-refractivity contribution in [1.82, 2.24) is 0 Å². The number of hydrogen-bond donors (Lipinski definition) is 0. The van der Waals surface area contributed by atoms with Crippen LogP contribution in [-0.4, -0.2) is 6.61 Å². The number of halogens is 2. The minimum Gasteiger partial charge on any atom is -0.493 e. The highest BCUT2D eigenvalue weighted by Gasteiger charge is 2.19. The van der Waals surface area contributed by atoms with Crippen molar-refractivity contribution in [2.24, 2.45) is 0 Å². The largest absolute Gasteiger partial charge is 0.493 e. The Morgan fingerprint density at radius 3 is 2.68 bits per heavy atom. The molecule has 0 saturated heterocycles. The molecule has 2 nitrogen and oxygen atoms in total. The molecular weight excluding hydrogens is 301 g/mol. The summed E-state index contributed by atoms with van der Waals surface area (Å²) in [6.07, 6.45) is 1.26. The Balaban J connectivity index is 2.05. The Hall–Kier alpha value is -2.05. The number of para-hydroxylation sites is 1. The van der Waals surface area contributed by atoms with Gasteiger partial charge in [-0.25, -0.2) is 4.39 Å². The smallest absolute Gasteiger partial charge is 0.129 e. The fraction of sp³-hybridized carbons (Fsp3) is 0.278. The Morgan fingerprint density at radius 1 is 1.23 bits per heavy atom. The van der Waals surface area contributed by atoms with E-state index in [-0.39, 0.29) is 10.6 Å². The highest BCUT2D eigenvalue weighted by atomic mass is 35.5. The van der Waals surface area contributed by atoms with Crippen LogP contribution in [0.3, 0.4) is 0 Å². The Kier molecular flexibility index (Phi) is 5.80. The van der Waals surface area contributed by atoms with Gasteiger partial charge in [-0.3, -0.25) is 0 Å². The van der Waals surface area contributed by atoms with Gasteiger partial charge < -0.3 is 4.74 Å². The molecule has 0 aliphatic heterocycles. The standard InChI is InChI=1S/C18H17ClFNO/c1-2-13-6-3-4-9-17(13)22-11-10-14(12-21)18-15(19)7-5-8-16(18)20/h3-9,14H,2,10-11H2,1H3. The van der Waals surface area contributed by atoms with E-state index in [1.165, 1.54) is 12.1 Å². The second-order valence-corrected chi connectivity index (χ2v) is 5.32. The van der Waals surface area contributed by atoms with Crippen LogP contribution in [0, 0.1) is 17.1 Å². The van der Waals surface area contributed by atoms with Gasteiger partial charge in [0.2, 0.25) is 0 Å². The Labute approximate surface area is 135 Å². The zero-order valence-corrected chi connectivity index (χ0v) is 13.1. The molecule has 4 heteroatoms. The highest BCUT2D eigenvalue weighted by Crippen LogP contribution is 2.29. The molecule has 0 amide bonds. The van der Waals surface area contributed by atoms with Gasteiger partial charge in [-0.05, 0) is 30.2 Å². The second kappa shape index (κ2) is 7.82. The topological polar surface area (TPSA) is 33.0 Å². The molecule has 0 heterocycles. The normalized spacial score (nSPS) is 11.7. The number of rotatable bonds is 6. The van der Waals surface area contributed by atoms with Crippen molar-refractivity contribution in [1.29, 1.82) is 5.26 Å². The number of nitriles is 1. The summed E-state index contributed by atoms with van der Waals surface area (Å²) in [4.78, 5) is 0. The van der Waals surface area contributed by atoms with Crippen LogP contribution in [0.5, 0.6) is 5.75 Å². The van der Waals surface area contributed by atoms with E-state index >= 15 is 0 Å². The minimum atomic E-state index is -0.623. The van der Waals surface area contributed by atoms with Gasteiger partial charge in [0.1, 0.15) is 11.6 Å². The number of aryl methyl sites for hydroxylation is 1. The van der Waals surface area contributed by atoms with E-state index in [4.69, 9.17) is 16.3 Å². The Bertz CT molecular complexity index is 661. The zero-order chi connectivity index (χ0) is 15.9. The van der Waals surface area contributed by atoms with E-state index in [0.29, 0.717) is 13.0 Å². The first kappa shape index (κ1) is 16.3. The van der Waals surface area contributed by atoms with Gasteiger partial charge in [-0.1, -0.05) is 42.8 Å². The summed E-state index contributed by atoms with van der Waals surface area (Å²) in [6.45, 7) is 2.39. The maximum absolute atomic E-state index is 13.9. The molecule has 0 aliphatic rings. The molecule has 0 fully saturated rings. The third kappa shape index (κ3) is 3.78. The van der Waals surface area contributed by atoms with Crippen LogP contribution in [0.4, 0.5) is 4.39 Å². The predicted molar refractivity (Wildman–Crippen MR) is 85.7 cm³/mol. The van der Waals surface area contributed by atoms with Crippen molar-refractivity contribution in [2.45, 2.75) is 25.7 Å². The molecule has 0 N–H and O–H groups in total. The lowest BCUT2D eigenvalue weighted by Gasteiger charge is -2.14. The van der Waals surface area contributed by atoms with Gasteiger partial charge >= 0.3 is 0 Å². The van der Waals surface area contributed by atoms with E-state index < -0.39 is 11.7 Å². The minimum absolute atomic E-state index is 0.249. The number of nitrogens with zero attached hydrogens (tertiary/aromatic N) is 1. The molecule has 2 rings (SSSR count). The average Bonchev–Trinajstić information content (AvgIpc) is 2.53. The first-order valence-corrected chi connectivity index (χ1v) is 7.59. The van der Waals surface area contributed by atoms with Gasteiger partial charge in [0.25, 0.3) is 0 Å². The molecule has 0 saturated carbocycles. The SMILES string of the molecule is CCc1ccccc1OCCC(C#N)c1c(F)cccc1Cl. The molecule has 2 aromatic carbocycles. The third-order valence-electron chi connectivity index (χ3n) is 3.52. The lowest BCUT2D eigenvalue weighted by molar-refractivity contribution is 0.302. The quantitative estimate of drug-likeness (QED) is 0.741. The molecule has 0 aliphatic carbocycles. The van der Waals surface area contributed by atoms with E-state index in [1.54, 1.807) is 6.07 Å². The molecule has 0 aromatic heterocycles. The first-order chi connectivity index (χ1) is 10.7. The molecule has 0 radical (unpaired) electrons. The average molecular weight is 318 g/mol. The van der Waals surface area contributed by atoms with Crippen molar-refractivity contribution < 1.29 is 9.13 Å². The van der Waals surface area contributed by atoms with Crippen molar-refractivity contribution in [3.8, 4) is 11.8 Å². The molecule has 22 heavy (non-hydrogen) atoms. The molecule has 114 valence electrons. The monoisotopic (exact) mass is 317 g/mol. The van der Waals surface area contributed by atoms with Gasteiger partial charge in [0.05, 0.1) is 18.6 Å². The third-order valence-corrected chi connectivity index (χ3v) is 3.85. The number of benzene rings is 2. The maximum Gasteiger partial charge on any atom is 0.129 e. The first-order valence-electron chi connectivity index (χ1n) is 7.21. The second-order valence-electron chi connectivity index (χ2n) is 4.92. The fourth-order valence-electron chi connectivity index (χ4n) is 2.34.